The van der Waals surface area contributed by atoms with E-state index < -0.39 is 15.4 Å². The van der Waals surface area contributed by atoms with Gasteiger partial charge in [0.15, 0.2) is 0 Å². The molecular weight excluding hydrogens is 338 g/mol. The van der Waals surface area contributed by atoms with E-state index in [-0.39, 0.29) is 23.9 Å². The predicted octanol–water partition coefficient (Wildman–Crippen LogP) is 1.84. The van der Waals surface area contributed by atoms with Crippen LogP contribution in [0.1, 0.15) is 17.5 Å². The van der Waals surface area contributed by atoms with Crippen molar-refractivity contribution in [2.24, 2.45) is 0 Å². The van der Waals surface area contributed by atoms with Crippen molar-refractivity contribution in [3.05, 3.63) is 59.7 Å². The largest absolute Gasteiger partial charge is 0.325 e. The van der Waals surface area contributed by atoms with E-state index in [4.69, 9.17) is 5.26 Å². The summed E-state index contributed by atoms with van der Waals surface area (Å²) in [7, 11) is -3.76. The van der Waals surface area contributed by atoms with Gasteiger partial charge in [-0.25, -0.2) is 8.42 Å². The zero-order chi connectivity index (χ0) is 17.7. The van der Waals surface area contributed by atoms with E-state index in [9.17, 15) is 13.2 Å². The molecule has 2 heterocycles. The van der Waals surface area contributed by atoms with Gasteiger partial charge in [0.25, 0.3) is 0 Å². The summed E-state index contributed by atoms with van der Waals surface area (Å²) in [5.74, 6) is -0.155. The van der Waals surface area contributed by atoms with Gasteiger partial charge in [-0.05, 0) is 36.2 Å². The smallest absolute Gasteiger partial charge is 0.243 e. The maximum absolute atomic E-state index is 12.9. The third kappa shape index (κ3) is 2.26. The van der Waals surface area contributed by atoms with Crippen LogP contribution in [-0.4, -0.2) is 31.7 Å². The predicted molar refractivity (Wildman–Crippen MR) is 91.3 cm³/mol. The highest BCUT2D eigenvalue weighted by Gasteiger charge is 2.53. The third-order valence-corrected chi connectivity index (χ3v) is 6.80. The fourth-order valence-electron chi connectivity index (χ4n) is 3.63. The monoisotopic (exact) mass is 353 g/mol. The number of amides is 1. The van der Waals surface area contributed by atoms with Gasteiger partial charge < -0.3 is 5.32 Å². The number of rotatable bonds is 2. The topological polar surface area (TPSA) is 90.3 Å². The molecule has 1 saturated heterocycles. The molecule has 0 saturated carbocycles. The lowest BCUT2D eigenvalue weighted by Crippen LogP contribution is -2.39. The summed E-state index contributed by atoms with van der Waals surface area (Å²) in [4.78, 5) is 12.7. The summed E-state index contributed by atoms with van der Waals surface area (Å²) >= 11 is 0. The second-order valence-corrected chi connectivity index (χ2v) is 8.25. The van der Waals surface area contributed by atoms with E-state index in [0.717, 1.165) is 11.3 Å². The number of para-hydroxylation sites is 1. The molecular formula is C18H15N3O3S. The normalized spacial score (nSPS) is 22.6. The van der Waals surface area contributed by atoms with Crippen LogP contribution in [0.5, 0.6) is 0 Å². The number of carbonyl (C=O) groups is 1. The van der Waals surface area contributed by atoms with Crippen LogP contribution in [0.15, 0.2) is 53.4 Å². The van der Waals surface area contributed by atoms with Crippen molar-refractivity contribution in [3.63, 3.8) is 0 Å². The molecule has 6 nitrogen and oxygen atoms in total. The van der Waals surface area contributed by atoms with Crippen LogP contribution in [-0.2, 0) is 20.2 Å². The number of hydrogen-bond acceptors (Lipinski definition) is 4. The van der Waals surface area contributed by atoms with Gasteiger partial charge in [-0.3, -0.25) is 4.79 Å². The molecule has 2 aliphatic rings. The Labute approximate surface area is 145 Å². The van der Waals surface area contributed by atoms with Crippen molar-refractivity contribution in [2.45, 2.75) is 16.7 Å². The first-order chi connectivity index (χ1) is 12.0. The second-order valence-electron chi connectivity index (χ2n) is 6.31. The number of hydrogen-bond donors (Lipinski definition) is 1. The lowest BCUT2D eigenvalue weighted by Gasteiger charge is -2.22. The number of sulfonamides is 1. The highest BCUT2D eigenvalue weighted by atomic mass is 32.2. The second kappa shape index (κ2) is 5.41. The summed E-state index contributed by atoms with van der Waals surface area (Å²) in [6.07, 6.45) is 0.438. The first kappa shape index (κ1) is 15.8. The average Bonchev–Trinajstić information content (AvgIpc) is 3.20. The van der Waals surface area contributed by atoms with Crippen LogP contribution >= 0.6 is 0 Å². The number of nitrogens with zero attached hydrogens (tertiary/aromatic N) is 2. The van der Waals surface area contributed by atoms with Crippen molar-refractivity contribution in [1.29, 1.82) is 5.26 Å². The molecule has 1 atom stereocenters. The van der Waals surface area contributed by atoms with Gasteiger partial charge >= 0.3 is 0 Å². The quantitative estimate of drug-likeness (QED) is 0.892. The Balaban J connectivity index is 1.71. The van der Waals surface area contributed by atoms with E-state index in [2.05, 4.69) is 5.32 Å². The lowest BCUT2D eigenvalue weighted by molar-refractivity contribution is -0.120. The third-order valence-electron chi connectivity index (χ3n) is 4.96. The Morgan fingerprint density at radius 3 is 2.76 bits per heavy atom. The fraction of sp³-hybridized carbons (Fsp3) is 0.222. The summed E-state index contributed by atoms with van der Waals surface area (Å²) in [5.41, 5.74) is 1.05. The molecule has 0 aromatic heterocycles. The van der Waals surface area contributed by atoms with Crippen LogP contribution < -0.4 is 5.32 Å². The molecule has 25 heavy (non-hydrogen) atoms. The highest BCUT2D eigenvalue weighted by molar-refractivity contribution is 7.89. The fourth-order valence-corrected chi connectivity index (χ4v) is 5.18. The van der Waals surface area contributed by atoms with Gasteiger partial charge in [0, 0.05) is 18.8 Å². The van der Waals surface area contributed by atoms with E-state index in [1.807, 2.05) is 30.3 Å². The molecule has 1 fully saturated rings. The number of anilines is 1. The van der Waals surface area contributed by atoms with Gasteiger partial charge in [0.05, 0.1) is 21.9 Å². The molecule has 0 aliphatic carbocycles. The minimum absolute atomic E-state index is 0.0790. The summed E-state index contributed by atoms with van der Waals surface area (Å²) in [6.45, 7) is 0.371. The standard InChI is InChI=1S/C18H15N3O3S/c19-11-13-4-3-5-14(10-13)25(23,24)21-9-8-18(12-21)15-6-1-2-7-16(15)20-17(18)22/h1-7,10H,8-9,12H2,(H,20,22). The van der Waals surface area contributed by atoms with E-state index in [1.54, 1.807) is 12.1 Å². The number of benzene rings is 2. The molecule has 2 aromatic rings. The minimum atomic E-state index is -3.76. The van der Waals surface area contributed by atoms with Gasteiger partial charge in [-0.15, -0.1) is 0 Å². The first-order valence-electron chi connectivity index (χ1n) is 7.89. The number of fused-ring (bicyclic) bond motifs is 2. The van der Waals surface area contributed by atoms with Crippen molar-refractivity contribution in [1.82, 2.24) is 4.31 Å². The van der Waals surface area contributed by atoms with Crippen LogP contribution in [0.2, 0.25) is 0 Å². The zero-order valence-corrected chi connectivity index (χ0v) is 14.1. The molecule has 7 heteroatoms. The molecule has 1 spiro atoms. The molecule has 1 amide bonds. The molecule has 1 unspecified atom stereocenters. The van der Waals surface area contributed by atoms with E-state index in [0.29, 0.717) is 12.0 Å². The van der Waals surface area contributed by atoms with Crippen molar-refractivity contribution in [2.75, 3.05) is 18.4 Å². The molecule has 126 valence electrons. The van der Waals surface area contributed by atoms with Crippen molar-refractivity contribution < 1.29 is 13.2 Å². The Hall–Kier alpha value is -2.69. The molecule has 1 N–H and O–H groups in total. The van der Waals surface area contributed by atoms with E-state index >= 15 is 0 Å². The van der Waals surface area contributed by atoms with Gasteiger partial charge in [0.1, 0.15) is 0 Å². The number of nitrogens with one attached hydrogen (secondary N) is 1. The summed E-state index contributed by atoms with van der Waals surface area (Å²) in [5, 5.41) is 11.8. The first-order valence-corrected chi connectivity index (χ1v) is 9.33. The number of carbonyl (C=O) groups excluding carboxylic acids is 1. The highest BCUT2D eigenvalue weighted by Crippen LogP contribution is 2.45. The zero-order valence-electron chi connectivity index (χ0n) is 13.3. The Morgan fingerprint density at radius 2 is 1.96 bits per heavy atom. The van der Waals surface area contributed by atoms with Gasteiger partial charge in [-0.1, -0.05) is 24.3 Å². The minimum Gasteiger partial charge on any atom is -0.325 e. The van der Waals surface area contributed by atoms with Crippen LogP contribution in [0.4, 0.5) is 5.69 Å². The molecule has 0 radical (unpaired) electrons. The van der Waals surface area contributed by atoms with Crippen molar-refractivity contribution >= 4 is 21.6 Å². The maximum Gasteiger partial charge on any atom is 0.243 e. The number of nitriles is 1. The van der Waals surface area contributed by atoms with Crippen LogP contribution in [0.3, 0.4) is 0 Å². The summed E-state index contributed by atoms with van der Waals surface area (Å²) in [6, 6.07) is 15.3. The van der Waals surface area contributed by atoms with Crippen molar-refractivity contribution in [3.8, 4) is 6.07 Å². The van der Waals surface area contributed by atoms with Crippen LogP contribution in [0, 0.1) is 11.3 Å². The SMILES string of the molecule is N#Cc1cccc(S(=O)(=O)N2CCC3(C2)C(=O)Nc2ccccc23)c1. The Morgan fingerprint density at radius 1 is 1.16 bits per heavy atom. The van der Waals surface area contributed by atoms with Gasteiger partial charge in [-0.2, -0.15) is 9.57 Å². The maximum atomic E-state index is 12.9. The van der Waals surface area contributed by atoms with Crippen LogP contribution in [0.25, 0.3) is 0 Å². The summed E-state index contributed by atoms with van der Waals surface area (Å²) < 4.78 is 27.2. The molecule has 2 aliphatic heterocycles. The average molecular weight is 353 g/mol. The van der Waals surface area contributed by atoms with E-state index in [1.165, 1.54) is 16.4 Å². The molecule has 4 rings (SSSR count). The Kier molecular flexibility index (Phi) is 3.42. The molecule has 2 aromatic carbocycles. The van der Waals surface area contributed by atoms with Gasteiger partial charge in [0.2, 0.25) is 15.9 Å². The molecule has 0 bridgehead atoms. The lowest BCUT2D eigenvalue weighted by atomic mass is 9.81. The Bertz CT molecular complexity index is 1030.